The van der Waals surface area contributed by atoms with Crippen LogP contribution in [0.4, 0.5) is 0 Å². The van der Waals surface area contributed by atoms with E-state index in [0.29, 0.717) is 19.6 Å². The highest BCUT2D eigenvalue weighted by molar-refractivity contribution is 7.92. The zero-order valence-corrected chi connectivity index (χ0v) is 17.0. The Hall–Kier alpha value is -0.710. The average Bonchev–Trinajstić information content (AvgIpc) is 3.26. The van der Waals surface area contributed by atoms with Crippen LogP contribution in [0, 0.1) is 5.92 Å². The van der Waals surface area contributed by atoms with E-state index < -0.39 is 20.0 Å². The molecular formula is C16H26ClN3O4S2. The standard InChI is InChI=1S/C16H25N3O4S2.ClH/c17-12-13-6-5-7-14(13)18-24(20,21)15-8-1-2-9-16(15)25(22,23)19-10-3-4-11-19;/h1-2,8-9,13-14,18H,3-7,10-12,17H2;1H. The van der Waals surface area contributed by atoms with Gasteiger partial charge in [-0.1, -0.05) is 18.6 Å². The van der Waals surface area contributed by atoms with E-state index in [1.54, 1.807) is 12.1 Å². The van der Waals surface area contributed by atoms with Crippen molar-refractivity contribution in [2.45, 2.75) is 47.9 Å². The third-order valence-electron chi connectivity index (χ3n) is 5.09. The molecule has 3 N–H and O–H groups in total. The lowest BCUT2D eigenvalue weighted by Crippen LogP contribution is -2.40. The molecule has 0 bridgehead atoms. The highest BCUT2D eigenvalue weighted by atomic mass is 35.5. The van der Waals surface area contributed by atoms with Crippen molar-refractivity contribution in [2.24, 2.45) is 11.7 Å². The first-order valence-corrected chi connectivity index (χ1v) is 11.6. The molecule has 3 rings (SSSR count). The quantitative estimate of drug-likeness (QED) is 0.716. The Morgan fingerprint density at radius 3 is 2.23 bits per heavy atom. The number of nitrogens with zero attached hydrogens (tertiary/aromatic N) is 1. The van der Waals surface area contributed by atoms with E-state index in [2.05, 4.69) is 4.72 Å². The van der Waals surface area contributed by atoms with E-state index in [9.17, 15) is 16.8 Å². The van der Waals surface area contributed by atoms with Gasteiger partial charge in [-0.2, -0.15) is 4.31 Å². The van der Waals surface area contributed by atoms with Gasteiger partial charge in [-0.15, -0.1) is 12.4 Å². The Morgan fingerprint density at radius 2 is 1.62 bits per heavy atom. The molecule has 1 aromatic carbocycles. The van der Waals surface area contributed by atoms with Crippen molar-refractivity contribution in [1.29, 1.82) is 0 Å². The molecule has 2 unspecified atom stereocenters. The third kappa shape index (κ3) is 4.23. The van der Waals surface area contributed by atoms with Gasteiger partial charge in [0.25, 0.3) is 0 Å². The van der Waals surface area contributed by atoms with Crippen molar-refractivity contribution >= 4 is 32.5 Å². The maximum atomic E-state index is 12.9. The van der Waals surface area contributed by atoms with Gasteiger partial charge in [-0.05, 0) is 50.3 Å². The summed E-state index contributed by atoms with van der Waals surface area (Å²) < 4.78 is 55.6. The highest BCUT2D eigenvalue weighted by Crippen LogP contribution is 2.29. The zero-order valence-electron chi connectivity index (χ0n) is 14.5. The molecule has 148 valence electrons. The molecule has 26 heavy (non-hydrogen) atoms. The van der Waals surface area contributed by atoms with Crippen molar-refractivity contribution in [3.63, 3.8) is 0 Å². The highest BCUT2D eigenvalue weighted by Gasteiger charge is 2.35. The number of hydrogen-bond donors (Lipinski definition) is 2. The molecule has 2 fully saturated rings. The summed E-state index contributed by atoms with van der Waals surface area (Å²) in [6, 6.07) is 5.60. The summed E-state index contributed by atoms with van der Waals surface area (Å²) in [6.07, 6.45) is 4.13. The smallest absolute Gasteiger partial charge is 0.244 e. The van der Waals surface area contributed by atoms with Crippen LogP contribution >= 0.6 is 12.4 Å². The molecule has 0 spiro atoms. The predicted octanol–water partition coefficient (Wildman–Crippen LogP) is 1.30. The molecule has 1 aromatic rings. The SMILES string of the molecule is Cl.NCC1CCCC1NS(=O)(=O)c1ccccc1S(=O)(=O)N1CCCC1. The van der Waals surface area contributed by atoms with Crippen molar-refractivity contribution in [3.8, 4) is 0 Å². The summed E-state index contributed by atoms with van der Waals surface area (Å²) in [5.74, 6) is 0.0946. The normalized spacial score (nSPS) is 24.5. The molecule has 1 saturated heterocycles. The van der Waals surface area contributed by atoms with Gasteiger partial charge in [0.2, 0.25) is 20.0 Å². The van der Waals surface area contributed by atoms with E-state index in [1.807, 2.05) is 0 Å². The minimum Gasteiger partial charge on any atom is -0.330 e. The van der Waals surface area contributed by atoms with Crippen molar-refractivity contribution < 1.29 is 16.8 Å². The first kappa shape index (κ1) is 21.6. The van der Waals surface area contributed by atoms with Crippen molar-refractivity contribution in [2.75, 3.05) is 19.6 Å². The lowest BCUT2D eigenvalue weighted by Gasteiger charge is -2.22. The van der Waals surface area contributed by atoms with Gasteiger partial charge in [0.05, 0.1) is 0 Å². The molecule has 2 aliphatic rings. The van der Waals surface area contributed by atoms with Gasteiger partial charge < -0.3 is 5.73 Å². The van der Waals surface area contributed by atoms with Crippen LogP contribution in [0.5, 0.6) is 0 Å². The number of rotatable bonds is 6. The second kappa shape index (κ2) is 8.53. The minimum absolute atomic E-state index is 0. The predicted molar refractivity (Wildman–Crippen MR) is 102 cm³/mol. The lowest BCUT2D eigenvalue weighted by molar-refractivity contribution is 0.451. The van der Waals surface area contributed by atoms with Crippen LogP contribution in [0.3, 0.4) is 0 Å². The fourth-order valence-electron chi connectivity index (χ4n) is 3.69. The number of nitrogens with two attached hydrogens (primary N) is 1. The Kier molecular flexibility index (Phi) is 7.09. The van der Waals surface area contributed by atoms with Gasteiger partial charge in [-0.3, -0.25) is 0 Å². The lowest BCUT2D eigenvalue weighted by atomic mass is 10.1. The van der Waals surface area contributed by atoms with Crippen LogP contribution in [-0.4, -0.2) is 46.8 Å². The number of sulfonamides is 2. The summed E-state index contributed by atoms with van der Waals surface area (Å²) in [5, 5.41) is 0. The van der Waals surface area contributed by atoms with Crippen LogP contribution in [0.1, 0.15) is 32.1 Å². The zero-order chi connectivity index (χ0) is 18.1. The van der Waals surface area contributed by atoms with Gasteiger partial charge in [-0.25, -0.2) is 21.6 Å². The third-order valence-corrected chi connectivity index (χ3v) is 8.72. The second-order valence-electron chi connectivity index (χ2n) is 6.71. The Morgan fingerprint density at radius 1 is 1.00 bits per heavy atom. The van der Waals surface area contributed by atoms with Crippen LogP contribution in [0.25, 0.3) is 0 Å². The summed E-state index contributed by atoms with van der Waals surface area (Å²) in [5.41, 5.74) is 5.73. The van der Waals surface area contributed by atoms with E-state index in [-0.39, 0.29) is 34.2 Å². The largest absolute Gasteiger partial charge is 0.330 e. The summed E-state index contributed by atoms with van der Waals surface area (Å²) >= 11 is 0. The average molecular weight is 424 g/mol. The molecule has 1 heterocycles. The van der Waals surface area contributed by atoms with E-state index in [0.717, 1.165) is 32.1 Å². The maximum Gasteiger partial charge on any atom is 0.244 e. The topological polar surface area (TPSA) is 110 Å². The molecule has 1 aliphatic carbocycles. The fraction of sp³-hybridized carbons (Fsp3) is 0.625. The van der Waals surface area contributed by atoms with E-state index >= 15 is 0 Å². The molecule has 7 nitrogen and oxygen atoms in total. The maximum absolute atomic E-state index is 12.9. The summed E-state index contributed by atoms with van der Waals surface area (Å²) in [4.78, 5) is -0.323. The summed E-state index contributed by atoms with van der Waals surface area (Å²) in [7, 11) is -7.76. The Bertz CT molecular complexity index is 824. The van der Waals surface area contributed by atoms with Gasteiger partial charge in [0, 0.05) is 19.1 Å². The fourth-order valence-corrected chi connectivity index (χ4v) is 7.35. The van der Waals surface area contributed by atoms with E-state index in [1.165, 1.54) is 16.4 Å². The van der Waals surface area contributed by atoms with Crippen LogP contribution in [-0.2, 0) is 20.0 Å². The number of hydrogen-bond acceptors (Lipinski definition) is 5. The molecule has 0 aromatic heterocycles. The van der Waals surface area contributed by atoms with Gasteiger partial charge >= 0.3 is 0 Å². The first-order chi connectivity index (χ1) is 11.9. The molecular weight excluding hydrogens is 398 g/mol. The van der Waals surface area contributed by atoms with Gasteiger partial charge in [0.15, 0.2) is 0 Å². The van der Waals surface area contributed by atoms with Gasteiger partial charge in [0.1, 0.15) is 9.79 Å². The Balaban J connectivity index is 0.00000243. The molecule has 1 aliphatic heterocycles. The number of benzene rings is 1. The van der Waals surface area contributed by atoms with Crippen LogP contribution in [0.15, 0.2) is 34.1 Å². The monoisotopic (exact) mass is 423 g/mol. The van der Waals surface area contributed by atoms with Crippen LogP contribution in [0.2, 0.25) is 0 Å². The molecule has 10 heteroatoms. The minimum atomic E-state index is -3.94. The van der Waals surface area contributed by atoms with Crippen LogP contribution < -0.4 is 10.5 Å². The second-order valence-corrected chi connectivity index (χ2v) is 10.3. The molecule has 1 saturated carbocycles. The van der Waals surface area contributed by atoms with Crippen molar-refractivity contribution in [1.82, 2.24) is 9.03 Å². The summed E-state index contributed by atoms with van der Waals surface area (Å²) in [6.45, 7) is 1.28. The Labute approximate surface area is 161 Å². The molecule has 0 amide bonds. The van der Waals surface area contributed by atoms with E-state index in [4.69, 9.17) is 5.73 Å². The molecule has 0 radical (unpaired) electrons. The first-order valence-electron chi connectivity index (χ1n) is 8.68. The van der Waals surface area contributed by atoms with Crippen molar-refractivity contribution in [3.05, 3.63) is 24.3 Å². The molecule has 2 atom stereocenters. The number of halogens is 1. The number of nitrogens with one attached hydrogen (secondary N) is 1.